The molecule has 0 aromatic heterocycles. The third-order valence-corrected chi connectivity index (χ3v) is 2.80. The molecule has 1 aliphatic heterocycles. The Morgan fingerprint density at radius 2 is 2.06 bits per heavy atom. The van der Waals surface area contributed by atoms with Crippen molar-refractivity contribution in [2.45, 2.75) is 26.1 Å². The maximum Gasteiger partial charge on any atom is 0.322 e. The normalized spacial score (nSPS) is 23.8. The van der Waals surface area contributed by atoms with E-state index in [4.69, 9.17) is 4.74 Å². The number of phenolic OH excluding ortho intramolecular Hbond substituents is 1. The van der Waals surface area contributed by atoms with Crippen LogP contribution in [0, 0.1) is 0 Å². The number of phenols is 1. The number of nitrogens with one attached hydrogen (secondary N) is 1. The standard InChI is InChI=1S/C13H18N2O3/c1-9-7-15(8-10(2)18-9)13(17)14-11-4-3-5-12(16)6-11/h3-6,9-10,16H,7-8H2,1-2H3,(H,14,17). The number of ether oxygens (including phenoxy) is 1. The number of anilines is 1. The molecule has 5 nitrogen and oxygen atoms in total. The molecule has 98 valence electrons. The molecule has 0 aliphatic carbocycles. The van der Waals surface area contributed by atoms with Crippen LogP contribution in [0.5, 0.6) is 5.75 Å². The molecule has 2 unspecified atom stereocenters. The van der Waals surface area contributed by atoms with Gasteiger partial charge in [0.05, 0.1) is 12.2 Å². The van der Waals surface area contributed by atoms with Crippen molar-refractivity contribution < 1.29 is 14.6 Å². The Kier molecular flexibility index (Phi) is 3.72. The van der Waals surface area contributed by atoms with Crippen LogP contribution in [0.25, 0.3) is 0 Å². The minimum absolute atomic E-state index is 0.0451. The van der Waals surface area contributed by atoms with E-state index in [1.54, 1.807) is 23.1 Å². The number of carbonyl (C=O) groups is 1. The van der Waals surface area contributed by atoms with Gasteiger partial charge in [-0.25, -0.2) is 4.79 Å². The second kappa shape index (κ2) is 5.27. The molecule has 1 aromatic carbocycles. The topological polar surface area (TPSA) is 61.8 Å². The molecular formula is C13H18N2O3. The molecule has 1 aliphatic rings. The summed E-state index contributed by atoms with van der Waals surface area (Å²) in [6.07, 6.45) is 0.0901. The summed E-state index contributed by atoms with van der Waals surface area (Å²) in [5.41, 5.74) is 0.590. The van der Waals surface area contributed by atoms with Gasteiger partial charge < -0.3 is 20.1 Å². The number of urea groups is 1. The van der Waals surface area contributed by atoms with Crippen LogP contribution in [0.4, 0.5) is 10.5 Å². The molecule has 18 heavy (non-hydrogen) atoms. The summed E-state index contributed by atoms with van der Waals surface area (Å²) in [5, 5.41) is 12.1. The summed E-state index contributed by atoms with van der Waals surface area (Å²) in [6, 6.07) is 6.35. The smallest absolute Gasteiger partial charge is 0.322 e. The number of morpholine rings is 1. The second-order valence-corrected chi connectivity index (χ2v) is 4.64. The Morgan fingerprint density at radius 1 is 1.39 bits per heavy atom. The molecular weight excluding hydrogens is 232 g/mol. The predicted octanol–water partition coefficient (Wildman–Crippen LogP) is 2.03. The zero-order valence-electron chi connectivity index (χ0n) is 10.6. The van der Waals surface area contributed by atoms with E-state index in [0.29, 0.717) is 18.8 Å². The van der Waals surface area contributed by atoms with Crippen LogP contribution in [0.15, 0.2) is 24.3 Å². The zero-order valence-corrected chi connectivity index (χ0v) is 10.6. The molecule has 2 amide bonds. The van der Waals surface area contributed by atoms with Gasteiger partial charge in [0.15, 0.2) is 0 Å². The third kappa shape index (κ3) is 3.13. The van der Waals surface area contributed by atoms with Crippen molar-refractivity contribution in [1.82, 2.24) is 4.90 Å². The zero-order chi connectivity index (χ0) is 13.1. The van der Waals surface area contributed by atoms with Crippen molar-refractivity contribution in [3.05, 3.63) is 24.3 Å². The van der Waals surface area contributed by atoms with Gasteiger partial charge in [0.2, 0.25) is 0 Å². The minimum Gasteiger partial charge on any atom is -0.508 e. The summed E-state index contributed by atoms with van der Waals surface area (Å²) in [7, 11) is 0. The molecule has 1 saturated heterocycles. The quantitative estimate of drug-likeness (QED) is 0.801. The van der Waals surface area contributed by atoms with Crippen LogP contribution >= 0.6 is 0 Å². The van der Waals surface area contributed by atoms with Crippen LogP contribution in [0.1, 0.15) is 13.8 Å². The van der Waals surface area contributed by atoms with E-state index in [1.807, 2.05) is 13.8 Å². The molecule has 0 spiro atoms. The maximum atomic E-state index is 12.0. The van der Waals surface area contributed by atoms with Gasteiger partial charge in [0, 0.05) is 24.8 Å². The highest BCUT2D eigenvalue weighted by molar-refractivity contribution is 5.89. The first-order valence-electron chi connectivity index (χ1n) is 6.05. The van der Waals surface area contributed by atoms with E-state index < -0.39 is 0 Å². The maximum absolute atomic E-state index is 12.0. The summed E-state index contributed by atoms with van der Waals surface area (Å²) < 4.78 is 5.57. The first-order valence-corrected chi connectivity index (χ1v) is 6.05. The average molecular weight is 250 g/mol. The first kappa shape index (κ1) is 12.7. The van der Waals surface area contributed by atoms with E-state index in [-0.39, 0.29) is 24.0 Å². The van der Waals surface area contributed by atoms with Crippen LogP contribution in [0.3, 0.4) is 0 Å². The largest absolute Gasteiger partial charge is 0.508 e. The Balaban J connectivity index is 1.99. The highest BCUT2D eigenvalue weighted by atomic mass is 16.5. The van der Waals surface area contributed by atoms with Gasteiger partial charge >= 0.3 is 6.03 Å². The lowest BCUT2D eigenvalue weighted by Crippen LogP contribution is -2.49. The van der Waals surface area contributed by atoms with Gasteiger partial charge in [-0.05, 0) is 26.0 Å². The minimum atomic E-state index is -0.164. The highest BCUT2D eigenvalue weighted by Gasteiger charge is 2.25. The fraction of sp³-hybridized carbons (Fsp3) is 0.462. The molecule has 1 heterocycles. The van der Waals surface area contributed by atoms with Crippen LogP contribution in [-0.4, -0.2) is 41.3 Å². The summed E-state index contributed by atoms with van der Waals surface area (Å²) in [6.45, 7) is 5.05. The van der Waals surface area contributed by atoms with E-state index in [9.17, 15) is 9.90 Å². The van der Waals surface area contributed by atoms with Gasteiger partial charge in [0.25, 0.3) is 0 Å². The Labute approximate surface area is 106 Å². The lowest BCUT2D eigenvalue weighted by Gasteiger charge is -2.35. The van der Waals surface area contributed by atoms with Crippen molar-refractivity contribution in [3.8, 4) is 5.75 Å². The molecule has 1 fully saturated rings. The average Bonchev–Trinajstić information content (AvgIpc) is 2.27. The van der Waals surface area contributed by atoms with E-state index in [1.165, 1.54) is 6.07 Å². The SMILES string of the molecule is CC1CN(C(=O)Nc2cccc(O)c2)CC(C)O1. The molecule has 2 rings (SSSR count). The molecule has 2 atom stereocenters. The molecule has 2 N–H and O–H groups in total. The van der Waals surface area contributed by atoms with Crippen LogP contribution < -0.4 is 5.32 Å². The van der Waals surface area contributed by atoms with Crippen LogP contribution in [0.2, 0.25) is 0 Å². The number of nitrogens with zero attached hydrogens (tertiary/aromatic N) is 1. The Bertz CT molecular complexity index is 426. The van der Waals surface area contributed by atoms with Gasteiger partial charge in [-0.3, -0.25) is 0 Å². The highest BCUT2D eigenvalue weighted by Crippen LogP contribution is 2.17. The Morgan fingerprint density at radius 3 is 2.67 bits per heavy atom. The fourth-order valence-corrected chi connectivity index (χ4v) is 2.13. The van der Waals surface area contributed by atoms with Crippen molar-refractivity contribution in [2.24, 2.45) is 0 Å². The molecule has 0 bridgehead atoms. The van der Waals surface area contributed by atoms with Crippen molar-refractivity contribution in [2.75, 3.05) is 18.4 Å². The van der Waals surface area contributed by atoms with Gasteiger partial charge in [-0.1, -0.05) is 6.07 Å². The molecule has 1 aromatic rings. The van der Waals surface area contributed by atoms with Crippen molar-refractivity contribution in [3.63, 3.8) is 0 Å². The fourth-order valence-electron chi connectivity index (χ4n) is 2.13. The molecule has 0 radical (unpaired) electrons. The van der Waals surface area contributed by atoms with Crippen molar-refractivity contribution in [1.29, 1.82) is 0 Å². The second-order valence-electron chi connectivity index (χ2n) is 4.64. The Hall–Kier alpha value is -1.75. The number of amides is 2. The van der Waals surface area contributed by atoms with Gasteiger partial charge in [-0.15, -0.1) is 0 Å². The summed E-state index contributed by atoms with van der Waals surface area (Å²) >= 11 is 0. The number of carbonyl (C=O) groups excluding carboxylic acids is 1. The van der Waals surface area contributed by atoms with Gasteiger partial charge in [0.1, 0.15) is 5.75 Å². The van der Waals surface area contributed by atoms with Crippen LogP contribution in [-0.2, 0) is 4.74 Å². The number of rotatable bonds is 1. The predicted molar refractivity (Wildman–Crippen MR) is 68.7 cm³/mol. The number of hydrogen-bond acceptors (Lipinski definition) is 3. The van der Waals surface area contributed by atoms with Gasteiger partial charge in [-0.2, -0.15) is 0 Å². The monoisotopic (exact) mass is 250 g/mol. The summed E-state index contributed by atoms with van der Waals surface area (Å²) in [4.78, 5) is 13.8. The molecule has 0 saturated carbocycles. The number of hydrogen-bond donors (Lipinski definition) is 2. The molecule has 5 heteroatoms. The number of benzene rings is 1. The number of aromatic hydroxyl groups is 1. The third-order valence-electron chi connectivity index (χ3n) is 2.80. The lowest BCUT2D eigenvalue weighted by molar-refractivity contribution is -0.0530. The summed E-state index contributed by atoms with van der Waals surface area (Å²) in [5.74, 6) is 0.136. The first-order chi connectivity index (χ1) is 8.54. The van der Waals surface area contributed by atoms with E-state index >= 15 is 0 Å². The lowest BCUT2D eigenvalue weighted by atomic mass is 10.2. The van der Waals surface area contributed by atoms with Crippen molar-refractivity contribution >= 4 is 11.7 Å². The van der Waals surface area contributed by atoms with E-state index in [0.717, 1.165) is 0 Å². The van der Waals surface area contributed by atoms with E-state index in [2.05, 4.69) is 5.32 Å².